The molecule has 0 unspecified atom stereocenters. The highest BCUT2D eigenvalue weighted by atomic mass is 35.5. The molecule has 0 aliphatic carbocycles. The van der Waals surface area contributed by atoms with Crippen LogP contribution in [0.5, 0.6) is 11.5 Å². The first-order valence-electron chi connectivity index (χ1n) is 12.4. The lowest BCUT2D eigenvalue weighted by molar-refractivity contribution is -0.129. The predicted molar refractivity (Wildman–Crippen MR) is 143 cm³/mol. The van der Waals surface area contributed by atoms with Gasteiger partial charge >= 0.3 is 0 Å². The summed E-state index contributed by atoms with van der Waals surface area (Å²) in [4.78, 5) is 13.7. The Bertz CT molecular complexity index is 1410. The Labute approximate surface area is 222 Å². The molecule has 3 aromatic carbocycles. The number of amides is 1. The lowest BCUT2D eigenvalue weighted by Crippen LogP contribution is -2.52. The first-order valence-corrected chi connectivity index (χ1v) is 14.2. The number of sulfonamides is 1. The number of anilines is 1. The van der Waals surface area contributed by atoms with Gasteiger partial charge in [-0.2, -0.15) is 0 Å². The first-order chi connectivity index (χ1) is 17.8. The van der Waals surface area contributed by atoms with Gasteiger partial charge in [-0.1, -0.05) is 61.8 Å². The van der Waals surface area contributed by atoms with Gasteiger partial charge in [0.05, 0.1) is 23.2 Å². The molecule has 0 aromatic heterocycles. The zero-order valence-corrected chi connectivity index (χ0v) is 22.3. The number of nitrogens with zero attached hydrogens (tertiary/aromatic N) is 1. The molecule has 2 aliphatic heterocycles. The minimum absolute atomic E-state index is 0.121. The van der Waals surface area contributed by atoms with Gasteiger partial charge in [0.25, 0.3) is 15.9 Å². The van der Waals surface area contributed by atoms with Crippen molar-refractivity contribution in [3.8, 4) is 11.5 Å². The summed E-state index contributed by atoms with van der Waals surface area (Å²) in [6.45, 7) is 3.97. The molecule has 3 aromatic rings. The van der Waals surface area contributed by atoms with Crippen molar-refractivity contribution in [2.45, 2.75) is 55.8 Å². The molecule has 9 heteroatoms. The number of rotatable bonds is 6. The van der Waals surface area contributed by atoms with Gasteiger partial charge in [0.15, 0.2) is 6.10 Å². The van der Waals surface area contributed by atoms with Crippen molar-refractivity contribution in [1.29, 1.82) is 0 Å². The van der Waals surface area contributed by atoms with Gasteiger partial charge in [0.1, 0.15) is 17.1 Å². The molecule has 0 bridgehead atoms. The molecule has 194 valence electrons. The molecule has 1 N–H and O–H groups in total. The summed E-state index contributed by atoms with van der Waals surface area (Å²) in [5.74, 6) is 0.636. The molecule has 2 heterocycles. The molecule has 37 heavy (non-hydrogen) atoms. The smallest absolute Gasteiger partial charge is 0.264 e. The van der Waals surface area contributed by atoms with Gasteiger partial charge in [0, 0.05) is 17.0 Å². The summed E-state index contributed by atoms with van der Waals surface area (Å²) in [6, 6.07) is 20.2. The molecule has 0 radical (unpaired) electrons. The van der Waals surface area contributed by atoms with Crippen LogP contribution in [0, 0.1) is 0 Å². The lowest BCUT2D eigenvalue weighted by atomic mass is 9.83. The van der Waals surface area contributed by atoms with E-state index in [0.717, 1.165) is 24.2 Å². The minimum atomic E-state index is -3.97. The number of fused-ring (bicyclic) bond motifs is 2. The number of para-hydroxylation sites is 1. The molecule has 0 fully saturated rings. The fraction of sp³-hybridized carbons (Fsp3) is 0.321. The van der Waals surface area contributed by atoms with Crippen LogP contribution in [-0.2, 0) is 14.8 Å². The maximum absolute atomic E-state index is 13.6. The monoisotopic (exact) mass is 540 g/mol. The second-order valence-corrected chi connectivity index (χ2v) is 11.7. The van der Waals surface area contributed by atoms with Crippen molar-refractivity contribution in [3.05, 3.63) is 83.4 Å². The number of hydrogen-bond acceptors (Lipinski definition) is 5. The Morgan fingerprint density at radius 2 is 1.73 bits per heavy atom. The molecule has 1 amide bonds. The standard InChI is InChI=1S/C28H29ClN2O5S/c1-3-28(4-2)17-22(21-12-8-9-13-24(21)36-28)30-27(32)26-18-31(23-16-19(29)14-15-25(23)35-26)37(33,34)20-10-6-5-7-11-20/h5-16,22,26H,3-4,17-18H2,1-2H3,(H,30,32)/t22-,26+/m1/s1. The Morgan fingerprint density at radius 1 is 1.03 bits per heavy atom. The number of halogens is 1. The number of ether oxygens (including phenoxy) is 2. The summed E-state index contributed by atoms with van der Waals surface area (Å²) in [5.41, 5.74) is 0.795. The highest BCUT2D eigenvalue weighted by molar-refractivity contribution is 7.92. The first kappa shape index (κ1) is 25.4. The third-order valence-electron chi connectivity index (χ3n) is 7.22. The Morgan fingerprint density at radius 3 is 2.46 bits per heavy atom. The molecular formula is C28H29ClN2O5S. The van der Waals surface area contributed by atoms with Crippen LogP contribution in [-0.4, -0.2) is 32.6 Å². The molecule has 7 nitrogen and oxygen atoms in total. The van der Waals surface area contributed by atoms with Crippen LogP contribution in [0.3, 0.4) is 0 Å². The zero-order chi connectivity index (χ0) is 26.2. The van der Waals surface area contributed by atoms with Crippen molar-refractivity contribution in [2.24, 2.45) is 0 Å². The van der Waals surface area contributed by atoms with Gasteiger partial charge in [0.2, 0.25) is 0 Å². The van der Waals surface area contributed by atoms with E-state index >= 15 is 0 Å². The van der Waals surface area contributed by atoms with E-state index in [1.165, 1.54) is 22.5 Å². The minimum Gasteiger partial charge on any atom is -0.487 e. The van der Waals surface area contributed by atoms with Gasteiger partial charge in [-0.15, -0.1) is 0 Å². The van der Waals surface area contributed by atoms with Crippen LogP contribution < -0.4 is 19.1 Å². The third kappa shape index (κ3) is 4.76. The van der Waals surface area contributed by atoms with Crippen LogP contribution in [0.2, 0.25) is 5.02 Å². The second kappa shape index (κ2) is 9.91. The number of carbonyl (C=O) groups is 1. The van der Waals surface area contributed by atoms with Gasteiger partial charge in [-0.05, 0) is 49.2 Å². The number of benzene rings is 3. The topological polar surface area (TPSA) is 84.9 Å². The van der Waals surface area contributed by atoms with E-state index in [4.69, 9.17) is 21.1 Å². The quantitative estimate of drug-likeness (QED) is 0.446. The number of nitrogens with one attached hydrogen (secondary N) is 1. The van der Waals surface area contributed by atoms with Crippen molar-refractivity contribution >= 4 is 33.2 Å². The van der Waals surface area contributed by atoms with Crippen molar-refractivity contribution < 1.29 is 22.7 Å². The normalized spacial score (nSPS) is 20.1. The highest BCUT2D eigenvalue weighted by Gasteiger charge is 2.42. The number of hydrogen-bond donors (Lipinski definition) is 1. The maximum atomic E-state index is 13.6. The van der Waals surface area contributed by atoms with E-state index in [2.05, 4.69) is 19.2 Å². The summed E-state index contributed by atoms with van der Waals surface area (Å²) in [5, 5.41) is 3.50. The summed E-state index contributed by atoms with van der Waals surface area (Å²) < 4.78 is 40.9. The molecule has 0 spiro atoms. The zero-order valence-electron chi connectivity index (χ0n) is 20.7. The fourth-order valence-corrected chi connectivity index (χ4v) is 6.66. The molecular weight excluding hydrogens is 512 g/mol. The summed E-state index contributed by atoms with van der Waals surface area (Å²) >= 11 is 6.20. The Balaban J connectivity index is 1.47. The average molecular weight is 541 g/mol. The molecule has 0 saturated carbocycles. The highest BCUT2D eigenvalue weighted by Crippen LogP contribution is 2.43. The SMILES string of the molecule is CCC1(CC)C[C@@H](NC(=O)[C@@H]2CN(S(=O)(=O)c3ccccc3)c3cc(Cl)ccc3O2)c2ccccc2O1. The maximum Gasteiger partial charge on any atom is 0.264 e. The van der Waals surface area contributed by atoms with Crippen molar-refractivity contribution in [1.82, 2.24) is 5.32 Å². The molecule has 2 aliphatic rings. The number of carbonyl (C=O) groups excluding carboxylic acids is 1. The molecule has 0 saturated heterocycles. The van der Waals surface area contributed by atoms with Crippen LogP contribution in [0.1, 0.15) is 44.7 Å². The van der Waals surface area contributed by atoms with E-state index in [1.807, 2.05) is 24.3 Å². The van der Waals surface area contributed by atoms with Gasteiger partial charge in [-0.25, -0.2) is 8.42 Å². The van der Waals surface area contributed by atoms with Crippen molar-refractivity contribution in [2.75, 3.05) is 10.8 Å². The van der Waals surface area contributed by atoms with E-state index in [1.54, 1.807) is 30.3 Å². The summed E-state index contributed by atoms with van der Waals surface area (Å²) in [6.07, 6.45) is 1.14. The fourth-order valence-electron chi connectivity index (χ4n) is 5.00. The molecule has 2 atom stereocenters. The van der Waals surface area contributed by atoms with Crippen LogP contribution in [0.15, 0.2) is 77.7 Å². The Hall–Kier alpha value is -3.23. The van der Waals surface area contributed by atoms with Crippen LogP contribution in [0.4, 0.5) is 5.69 Å². The van der Waals surface area contributed by atoms with Crippen LogP contribution in [0.25, 0.3) is 0 Å². The van der Waals surface area contributed by atoms with E-state index in [0.29, 0.717) is 17.1 Å². The van der Waals surface area contributed by atoms with Crippen LogP contribution >= 0.6 is 11.6 Å². The van der Waals surface area contributed by atoms with Gasteiger partial charge in [-0.3, -0.25) is 9.10 Å². The molecule has 5 rings (SSSR count). The average Bonchev–Trinajstić information content (AvgIpc) is 2.92. The van der Waals surface area contributed by atoms with Gasteiger partial charge < -0.3 is 14.8 Å². The Kier molecular flexibility index (Phi) is 6.81. The predicted octanol–water partition coefficient (Wildman–Crippen LogP) is 5.50. The van der Waals surface area contributed by atoms with Crippen molar-refractivity contribution in [3.63, 3.8) is 0 Å². The third-order valence-corrected chi connectivity index (χ3v) is 9.25. The lowest BCUT2D eigenvalue weighted by Gasteiger charge is -2.42. The van der Waals surface area contributed by atoms with E-state index < -0.39 is 27.6 Å². The second-order valence-electron chi connectivity index (χ2n) is 9.36. The van der Waals surface area contributed by atoms with E-state index in [-0.39, 0.29) is 23.2 Å². The van der Waals surface area contributed by atoms with E-state index in [9.17, 15) is 13.2 Å². The largest absolute Gasteiger partial charge is 0.487 e. The summed E-state index contributed by atoms with van der Waals surface area (Å²) in [7, 11) is -3.97.